The Morgan fingerprint density at radius 3 is 2.62 bits per heavy atom. The zero-order valence-electron chi connectivity index (χ0n) is 15.7. The van der Waals surface area contributed by atoms with Crippen molar-refractivity contribution in [2.24, 2.45) is 0 Å². The number of imidazole rings is 1. The van der Waals surface area contributed by atoms with Gasteiger partial charge in [-0.05, 0) is 24.3 Å². The van der Waals surface area contributed by atoms with Gasteiger partial charge in [-0.1, -0.05) is 11.8 Å². The Bertz CT molecular complexity index is 1020. The van der Waals surface area contributed by atoms with E-state index in [2.05, 4.69) is 10.3 Å². The van der Waals surface area contributed by atoms with Crippen LogP contribution < -0.4 is 14.8 Å². The molecule has 3 aromatic rings. The molecule has 150 valence electrons. The van der Waals surface area contributed by atoms with Gasteiger partial charge < -0.3 is 14.8 Å². The number of amides is 1. The fraction of sp³-hybridized carbons (Fsp3) is 0.158. The number of nitrogens with one attached hydrogen (secondary N) is 1. The maximum absolute atomic E-state index is 12.2. The number of carbonyl (C=O) groups excluding carboxylic acids is 1. The Kier molecular flexibility index (Phi) is 6.35. The predicted molar refractivity (Wildman–Crippen MR) is 109 cm³/mol. The first-order chi connectivity index (χ1) is 14.0. The number of rotatable bonds is 8. The lowest BCUT2D eigenvalue weighted by Crippen LogP contribution is -2.14. The molecule has 0 spiro atoms. The number of aromatic nitrogens is 2. The van der Waals surface area contributed by atoms with E-state index in [-0.39, 0.29) is 17.3 Å². The first-order valence-electron chi connectivity index (χ1n) is 8.44. The van der Waals surface area contributed by atoms with Crippen molar-refractivity contribution < 1.29 is 19.2 Å². The lowest BCUT2D eigenvalue weighted by molar-refractivity contribution is -0.384. The number of benzene rings is 2. The molecule has 3 rings (SSSR count). The van der Waals surface area contributed by atoms with Crippen LogP contribution >= 0.6 is 11.8 Å². The number of nitro groups is 1. The normalized spacial score (nSPS) is 10.4. The zero-order valence-corrected chi connectivity index (χ0v) is 16.5. The molecular weight excluding hydrogens is 396 g/mol. The molecule has 1 aromatic heterocycles. The molecule has 2 aromatic carbocycles. The van der Waals surface area contributed by atoms with E-state index in [1.54, 1.807) is 32.7 Å². The third-order valence-corrected chi connectivity index (χ3v) is 4.91. The fourth-order valence-electron chi connectivity index (χ4n) is 2.56. The number of carbonyl (C=O) groups is 1. The van der Waals surface area contributed by atoms with Gasteiger partial charge >= 0.3 is 0 Å². The minimum Gasteiger partial charge on any atom is -0.497 e. The van der Waals surface area contributed by atoms with Gasteiger partial charge in [0.25, 0.3) is 5.69 Å². The second-order valence-corrected chi connectivity index (χ2v) is 6.70. The van der Waals surface area contributed by atoms with Crippen LogP contribution in [0, 0.1) is 10.1 Å². The van der Waals surface area contributed by atoms with E-state index in [0.29, 0.717) is 22.3 Å². The van der Waals surface area contributed by atoms with Crippen molar-refractivity contribution in [3.05, 3.63) is 65.0 Å². The number of thioether (sulfide) groups is 1. The van der Waals surface area contributed by atoms with Gasteiger partial charge in [0.15, 0.2) is 5.16 Å². The van der Waals surface area contributed by atoms with Crippen LogP contribution in [0.3, 0.4) is 0 Å². The van der Waals surface area contributed by atoms with E-state index in [0.717, 1.165) is 5.69 Å². The number of hydrogen-bond donors (Lipinski definition) is 1. The van der Waals surface area contributed by atoms with Crippen molar-refractivity contribution in [1.82, 2.24) is 9.55 Å². The first kappa shape index (κ1) is 20.2. The molecule has 1 N–H and O–H groups in total. The molecule has 0 aliphatic rings. The monoisotopic (exact) mass is 414 g/mol. The van der Waals surface area contributed by atoms with Gasteiger partial charge in [0.1, 0.15) is 11.5 Å². The van der Waals surface area contributed by atoms with Crippen LogP contribution in [0.2, 0.25) is 0 Å². The fourth-order valence-corrected chi connectivity index (χ4v) is 3.32. The van der Waals surface area contributed by atoms with Crippen LogP contribution in [0.4, 0.5) is 11.4 Å². The lowest BCUT2D eigenvalue weighted by atomic mass is 10.2. The Hall–Kier alpha value is -3.53. The van der Waals surface area contributed by atoms with Crippen LogP contribution in [0.15, 0.2) is 60.0 Å². The van der Waals surface area contributed by atoms with Gasteiger partial charge in [0.2, 0.25) is 5.91 Å². The number of nitro benzene ring substituents is 1. The minimum atomic E-state index is -0.491. The van der Waals surface area contributed by atoms with E-state index in [1.165, 1.54) is 36.0 Å². The number of non-ortho nitro benzene ring substituents is 1. The second kappa shape index (κ2) is 9.11. The zero-order chi connectivity index (χ0) is 20.8. The summed E-state index contributed by atoms with van der Waals surface area (Å²) < 4.78 is 12.5. The molecule has 0 saturated carbocycles. The highest BCUT2D eigenvalue weighted by Gasteiger charge is 2.14. The summed E-state index contributed by atoms with van der Waals surface area (Å²) in [5.74, 6) is 1.15. The van der Waals surface area contributed by atoms with Crippen molar-refractivity contribution in [1.29, 1.82) is 0 Å². The van der Waals surface area contributed by atoms with E-state index >= 15 is 0 Å². The van der Waals surface area contributed by atoms with E-state index in [9.17, 15) is 14.9 Å². The molecule has 0 bridgehead atoms. The summed E-state index contributed by atoms with van der Waals surface area (Å²) in [7, 11) is 3.15. The highest BCUT2D eigenvalue weighted by Crippen LogP contribution is 2.31. The molecule has 0 saturated heterocycles. The summed E-state index contributed by atoms with van der Waals surface area (Å²) in [5, 5.41) is 14.0. The van der Waals surface area contributed by atoms with Gasteiger partial charge in [0, 0.05) is 36.3 Å². The van der Waals surface area contributed by atoms with Crippen molar-refractivity contribution in [3.63, 3.8) is 0 Å². The van der Waals surface area contributed by atoms with Crippen LogP contribution in [0.1, 0.15) is 0 Å². The molecule has 1 amide bonds. The second-order valence-electron chi connectivity index (χ2n) is 5.76. The third kappa shape index (κ3) is 4.85. The standard InChI is InChI=1S/C19H18N4O5S/c1-27-15-7-8-16(17(11-15)28-2)22-10-9-20-19(22)29-12-18(24)21-13-3-5-14(6-4-13)23(25)26/h3-11H,12H2,1-2H3,(H,21,24). The molecule has 10 heteroatoms. The average Bonchev–Trinajstić information content (AvgIpc) is 3.20. The third-order valence-electron chi connectivity index (χ3n) is 3.95. The number of hydrogen-bond acceptors (Lipinski definition) is 7. The summed E-state index contributed by atoms with van der Waals surface area (Å²) in [6, 6.07) is 11.1. The average molecular weight is 414 g/mol. The summed E-state index contributed by atoms with van der Waals surface area (Å²) in [5.41, 5.74) is 1.22. The summed E-state index contributed by atoms with van der Waals surface area (Å²) in [4.78, 5) is 26.7. The molecule has 0 aliphatic carbocycles. The Morgan fingerprint density at radius 2 is 1.97 bits per heavy atom. The Labute approximate surface area is 170 Å². The highest BCUT2D eigenvalue weighted by atomic mass is 32.2. The minimum absolute atomic E-state index is 0.0344. The number of ether oxygens (including phenoxy) is 2. The molecule has 0 fully saturated rings. The largest absolute Gasteiger partial charge is 0.497 e. The van der Waals surface area contributed by atoms with Crippen molar-refractivity contribution in [2.75, 3.05) is 25.3 Å². The molecule has 29 heavy (non-hydrogen) atoms. The van der Waals surface area contributed by atoms with Crippen LogP contribution in [0.25, 0.3) is 5.69 Å². The predicted octanol–water partition coefficient (Wildman–Crippen LogP) is 3.53. The van der Waals surface area contributed by atoms with Crippen LogP contribution in [-0.2, 0) is 4.79 Å². The van der Waals surface area contributed by atoms with Gasteiger partial charge in [0.05, 0.1) is 30.6 Å². The van der Waals surface area contributed by atoms with E-state index in [1.807, 2.05) is 16.7 Å². The SMILES string of the molecule is COc1ccc(-n2ccnc2SCC(=O)Nc2ccc([N+](=O)[O-])cc2)c(OC)c1. The molecule has 9 nitrogen and oxygen atoms in total. The maximum atomic E-state index is 12.2. The van der Waals surface area contributed by atoms with Crippen molar-refractivity contribution >= 4 is 29.0 Å². The van der Waals surface area contributed by atoms with Crippen LogP contribution in [0.5, 0.6) is 11.5 Å². The molecule has 0 radical (unpaired) electrons. The van der Waals surface area contributed by atoms with Gasteiger partial charge in [-0.25, -0.2) is 4.98 Å². The van der Waals surface area contributed by atoms with E-state index < -0.39 is 4.92 Å². The molecule has 0 unspecified atom stereocenters. The molecular formula is C19H18N4O5S. The summed E-state index contributed by atoms with van der Waals surface area (Å²) >= 11 is 1.26. The summed E-state index contributed by atoms with van der Waals surface area (Å²) in [6.45, 7) is 0. The molecule has 1 heterocycles. The van der Waals surface area contributed by atoms with Crippen molar-refractivity contribution in [3.8, 4) is 17.2 Å². The quantitative estimate of drug-likeness (QED) is 0.341. The summed E-state index contributed by atoms with van der Waals surface area (Å²) in [6.07, 6.45) is 3.42. The lowest BCUT2D eigenvalue weighted by Gasteiger charge is -2.13. The van der Waals surface area contributed by atoms with Crippen LogP contribution in [-0.4, -0.2) is 40.4 Å². The first-order valence-corrected chi connectivity index (χ1v) is 9.43. The Morgan fingerprint density at radius 1 is 1.21 bits per heavy atom. The maximum Gasteiger partial charge on any atom is 0.269 e. The number of nitrogens with zero attached hydrogens (tertiary/aromatic N) is 3. The van der Waals surface area contributed by atoms with E-state index in [4.69, 9.17) is 9.47 Å². The van der Waals surface area contributed by atoms with Gasteiger partial charge in [-0.3, -0.25) is 19.5 Å². The highest BCUT2D eigenvalue weighted by molar-refractivity contribution is 7.99. The van der Waals surface area contributed by atoms with Gasteiger partial charge in [-0.2, -0.15) is 0 Å². The topological polar surface area (TPSA) is 109 Å². The van der Waals surface area contributed by atoms with Crippen molar-refractivity contribution in [2.45, 2.75) is 5.16 Å². The molecule has 0 atom stereocenters. The number of anilines is 1. The van der Waals surface area contributed by atoms with Gasteiger partial charge in [-0.15, -0.1) is 0 Å². The Balaban J connectivity index is 1.67. The number of methoxy groups -OCH3 is 2. The molecule has 0 aliphatic heterocycles. The smallest absolute Gasteiger partial charge is 0.269 e.